The highest BCUT2D eigenvalue weighted by atomic mass is 35.5. The van der Waals surface area contributed by atoms with Gasteiger partial charge in [0.1, 0.15) is 5.82 Å². The smallest absolute Gasteiger partial charge is 0.225 e. The summed E-state index contributed by atoms with van der Waals surface area (Å²) in [4.78, 5) is 12.4. The first-order valence-corrected chi connectivity index (χ1v) is 7.85. The Labute approximate surface area is 147 Å². The quantitative estimate of drug-likeness (QED) is 0.860. The van der Waals surface area contributed by atoms with E-state index in [9.17, 15) is 9.18 Å². The van der Waals surface area contributed by atoms with Gasteiger partial charge in [-0.25, -0.2) is 4.39 Å². The zero-order chi connectivity index (χ0) is 16.2. The van der Waals surface area contributed by atoms with Crippen molar-refractivity contribution in [3.63, 3.8) is 0 Å². The van der Waals surface area contributed by atoms with Crippen molar-refractivity contribution in [2.24, 2.45) is 13.0 Å². The number of halogens is 2. The van der Waals surface area contributed by atoms with Gasteiger partial charge in [0.25, 0.3) is 0 Å². The predicted octanol–water partition coefficient (Wildman–Crippen LogP) is 1.64. The molecule has 1 fully saturated rings. The minimum Gasteiger partial charge on any atom is -0.355 e. The van der Waals surface area contributed by atoms with E-state index in [0.29, 0.717) is 19.5 Å². The van der Waals surface area contributed by atoms with Gasteiger partial charge in [-0.05, 0) is 29.7 Å². The highest BCUT2D eigenvalue weighted by molar-refractivity contribution is 5.85. The summed E-state index contributed by atoms with van der Waals surface area (Å²) in [6.07, 6.45) is 4.50. The first-order valence-electron chi connectivity index (χ1n) is 7.85. The molecule has 2 N–H and O–H groups in total. The van der Waals surface area contributed by atoms with Crippen LogP contribution in [0.4, 0.5) is 4.39 Å². The SMILES string of the molecule is Cl.Cn1cc([C@H]2CNC[C@@H]2C(=O)NCCc2ccc(F)cc2)cn1. The number of hydrogen-bond donors (Lipinski definition) is 2. The minimum atomic E-state index is -0.242. The van der Waals surface area contributed by atoms with Crippen molar-refractivity contribution in [1.29, 1.82) is 0 Å². The third-order valence-corrected chi connectivity index (χ3v) is 4.33. The van der Waals surface area contributed by atoms with Gasteiger partial charge >= 0.3 is 0 Å². The van der Waals surface area contributed by atoms with Gasteiger partial charge in [-0.2, -0.15) is 5.10 Å². The first kappa shape index (κ1) is 18.4. The number of rotatable bonds is 5. The lowest BCUT2D eigenvalue weighted by Gasteiger charge is -2.17. The van der Waals surface area contributed by atoms with Crippen molar-refractivity contribution in [3.05, 3.63) is 53.6 Å². The lowest BCUT2D eigenvalue weighted by molar-refractivity contribution is -0.124. The molecular formula is C17H22ClFN4O. The van der Waals surface area contributed by atoms with E-state index in [1.165, 1.54) is 12.1 Å². The number of benzene rings is 1. The Kier molecular flexibility index (Phi) is 6.34. The number of aromatic nitrogens is 2. The molecule has 0 unspecified atom stereocenters. The van der Waals surface area contributed by atoms with Crippen LogP contribution in [0.5, 0.6) is 0 Å². The number of carbonyl (C=O) groups excluding carboxylic acids is 1. The summed E-state index contributed by atoms with van der Waals surface area (Å²) in [5.74, 6) is -0.0953. The Morgan fingerprint density at radius 1 is 1.38 bits per heavy atom. The molecule has 1 saturated heterocycles. The fourth-order valence-corrected chi connectivity index (χ4v) is 3.05. The maximum atomic E-state index is 12.9. The molecule has 1 aromatic carbocycles. The summed E-state index contributed by atoms with van der Waals surface area (Å²) < 4.78 is 14.6. The van der Waals surface area contributed by atoms with Crippen molar-refractivity contribution in [2.75, 3.05) is 19.6 Å². The molecule has 1 aliphatic heterocycles. The van der Waals surface area contributed by atoms with Crippen LogP contribution in [0, 0.1) is 11.7 Å². The fraction of sp³-hybridized carbons (Fsp3) is 0.412. The van der Waals surface area contributed by atoms with Crippen LogP contribution in [0.25, 0.3) is 0 Å². The molecule has 0 saturated carbocycles. The van der Waals surface area contributed by atoms with Crippen LogP contribution in [0.3, 0.4) is 0 Å². The predicted molar refractivity (Wildman–Crippen MR) is 92.7 cm³/mol. The molecule has 1 aliphatic rings. The van der Waals surface area contributed by atoms with Crippen molar-refractivity contribution in [3.8, 4) is 0 Å². The second-order valence-corrected chi connectivity index (χ2v) is 5.99. The molecular weight excluding hydrogens is 331 g/mol. The summed E-state index contributed by atoms with van der Waals surface area (Å²) in [6, 6.07) is 6.38. The number of amides is 1. The summed E-state index contributed by atoms with van der Waals surface area (Å²) in [5.41, 5.74) is 2.11. The van der Waals surface area contributed by atoms with Gasteiger partial charge in [-0.15, -0.1) is 12.4 Å². The fourth-order valence-electron chi connectivity index (χ4n) is 3.05. The Bertz CT molecular complexity index is 673. The van der Waals surface area contributed by atoms with Gasteiger partial charge in [-0.3, -0.25) is 9.48 Å². The highest BCUT2D eigenvalue weighted by Gasteiger charge is 2.34. The molecule has 0 aliphatic carbocycles. The maximum absolute atomic E-state index is 12.9. The average molecular weight is 353 g/mol. The van der Waals surface area contributed by atoms with Crippen molar-refractivity contribution < 1.29 is 9.18 Å². The molecule has 0 spiro atoms. The molecule has 7 heteroatoms. The van der Waals surface area contributed by atoms with Gasteiger partial charge < -0.3 is 10.6 Å². The number of carbonyl (C=O) groups is 1. The zero-order valence-corrected chi connectivity index (χ0v) is 14.4. The van der Waals surface area contributed by atoms with E-state index < -0.39 is 0 Å². The Morgan fingerprint density at radius 3 is 2.79 bits per heavy atom. The number of hydrogen-bond acceptors (Lipinski definition) is 3. The Hall–Kier alpha value is -1.92. The van der Waals surface area contributed by atoms with E-state index in [2.05, 4.69) is 15.7 Å². The number of nitrogens with one attached hydrogen (secondary N) is 2. The molecule has 2 aromatic rings. The van der Waals surface area contributed by atoms with E-state index in [1.807, 2.05) is 19.4 Å². The van der Waals surface area contributed by atoms with Crippen LogP contribution in [0.15, 0.2) is 36.7 Å². The van der Waals surface area contributed by atoms with E-state index in [0.717, 1.165) is 17.7 Å². The number of aryl methyl sites for hydroxylation is 1. The summed E-state index contributed by atoms with van der Waals surface area (Å²) in [5, 5.41) is 10.5. The van der Waals surface area contributed by atoms with Crippen molar-refractivity contribution in [1.82, 2.24) is 20.4 Å². The molecule has 5 nitrogen and oxygen atoms in total. The van der Waals surface area contributed by atoms with E-state index in [1.54, 1.807) is 16.8 Å². The standard InChI is InChI=1S/C17H21FN4O.ClH/c1-22-11-13(8-21-22)15-9-19-10-16(15)17(23)20-7-6-12-2-4-14(18)5-3-12;/h2-5,8,11,15-16,19H,6-7,9-10H2,1H3,(H,20,23);1H/t15-,16+;/m1./s1. The number of nitrogens with zero attached hydrogens (tertiary/aromatic N) is 2. The molecule has 0 bridgehead atoms. The lowest BCUT2D eigenvalue weighted by Crippen LogP contribution is -2.35. The van der Waals surface area contributed by atoms with Crippen LogP contribution < -0.4 is 10.6 Å². The second-order valence-electron chi connectivity index (χ2n) is 5.99. The molecule has 1 amide bonds. The van der Waals surface area contributed by atoms with Gasteiger partial charge in [0.15, 0.2) is 0 Å². The lowest BCUT2D eigenvalue weighted by atomic mass is 9.90. The minimum absolute atomic E-state index is 0. The van der Waals surface area contributed by atoms with E-state index >= 15 is 0 Å². The maximum Gasteiger partial charge on any atom is 0.225 e. The zero-order valence-electron chi connectivity index (χ0n) is 13.5. The molecule has 3 rings (SSSR count). The van der Waals surface area contributed by atoms with Gasteiger partial charge in [0, 0.05) is 38.8 Å². The largest absolute Gasteiger partial charge is 0.355 e. The van der Waals surface area contributed by atoms with Crippen molar-refractivity contribution >= 4 is 18.3 Å². The molecule has 2 heterocycles. The summed E-state index contributed by atoms with van der Waals surface area (Å²) in [6.45, 7) is 2.03. The normalized spacial score (nSPS) is 19.8. The average Bonchev–Trinajstić information content (AvgIpc) is 3.17. The third-order valence-electron chi connectivity index (χ3n) is 4.33. The van der Waals surface area contributed by atoms with Crippen molar-refractivity contribution in [2.45, 2.75) is 12.3 Å². The van der Waals surface area contributed by atoms with E-state index in [4.69, 9.17) is 0 Å². The van der Waals surface area contributed by atoms with Crippen LogP contribution in [0.1, 0.15) is 17.0 Å². The first-order chi connectivity index (χ1) is 11.1. The van der Waals surface area contributed by atoms with Crippen LogP contribution >= 0.6 is 12.4 Å². The van der Waals surface area contributed by atoms with Crippen LogP contribution in [0.2, 0.25) is 0 Å². The van der Waals surface area contributed by atoms with Crippen LogP contribution in [-0.2, 0) is 18.3 Å². The van der Waals surface area contributed by atoms with Gasteiger partial charge in [0.2, 0.25) is 5.91 Å². The Balaban J connectivity index is 0.00000208. The van der Waals surface area contributed by atoms with Crippen LogP contribution in [-0.4, -0.2) is 35.3 Å². The molecule has 1 aromatic heterocycles. The third kappa shape index (κ3) is 4.33. The topological polar surface area (TPSA) is 59.0 Å². The Morgan fingerprint density at radius 2 is 2.12 bits per heavy atom. The second kappa shape index (κ2) is 8.26. The van der Waals surface area contributed by atoms with Gasteiger partial charge in [0.05, 0.1) is 12.1 Å². The highest BCUT2D eigenvalue weighted by Crippen LogP contribution is 2.27. The monoisotopic (exact) mass is 352 g/mol. The van der Waals surface area contributed by atoms with Gasteiger partial charge in [-0.1, -0.05) is 12.1 Å². The summed E-state index contributed by atoms with van der Waals surface area (Å²) in [7, 11) is 1.88. The van der Waals surface area contributed by atoms with E-state index in [-0.39, 0.29) is 36.0 Å². The molecule has 0 radical (unpaired) electrons. The molecule has 2 atom stereocenters. The molecule has 24 heavy (non-hydrogen) atoms. The molecule has 130 valence electrons. The summed E-state index contributed by atoms with van der Waals surface area (Å²) >= 11 is 0.